The van der Waals surface area contributed by atoms with Gasteiger partial charge in [0.2, 0.25) is 0 Å². The van der Waals surface area contributed by atoms with Crippen LogP contribution >= 0.6 is 15.9 Å². The number of fused-ring (bicyclic) bond motifs is 1. The lowest BCUT2D eigenvalue weighted by Gasteiger charge is -2.23. The molecule has 0 aliphatic heterocycles. The molecule has 8 heteroatoms. The van der Waals surface area contributed by atoms with Crippen molar-refractivity contribution in [2.75, 3.05) is 13.1 Å². The number of phenolic OH excluding ortho intramolecular Hbond substituents is 1. The van der Waals surface area contributed by atoms with E-state index in [4.69, 9.17) is 9.41 Å². The number of nitrogens with one attached hydrogen (secondary N) is 1. The molecule has 0 saturated heterocycles. The van der Waals surface area contributed by atoms with E-state index in [0.717, 1.165) is 15.9 Å². The fourth-order valence-electron chi connectivity index (χ4n) is 4.07. The van der Waals surface area contributed by atoms with Crippen molar-refractivity contribution in [3.63, 3.8) is 0 Å². The van der Waals surface area contributed by atoms with E-state index in [2.05, 4.69) is 27.8 Å². The Hall–Kier alpha value is -3.91. The van der Waals surface area contributed by atoms with Crippen LogP contribution in [-0.4, -0.2) is 40.8 Å². The lowest BCUT2D eigenvalue weighted by atomic mass is 10.1. The number of amides is 1. The van der Waals surface area contributed by atoms with Gasteiger partial charge in [0.15, 0.2) is 11.2 Å². The molecule has 7 nitrogen and oxygen atoms in total. The Balaban J connectivity index is 0.00000287. The van der Waals surface area contributed by atoms with E-state index in [1.165, 1.54) is 6.07 Å². The zero-order chi connectivity index (χ0) is 30.5. The molecule has 0 fully saturated rings. The summed E-state index contributed by atoms with van der Waals surface area (Å²) in [7, 11) is 0. The first-order chi connectivity index (χ1) is 19.6. The molecular formula is C33H40BrN3O4. The van der Waals surface area contributed by atoms with Crippen LogP contribution < -0.4 is 10.7 Å². The summed E-state index contributed by atoms with van der Waals surface area (Å²) in [5.41, 5.74) is 2.93. The van der Waals surface area contributed by atoms with E-state index in [-0.39, 0.29) is 28.9 Å². The summed E-state index contributed by atoms with van der Waals surface area (Å²) < 4.78 is 6.51. The molecule has 2 aromatic carbocycles. The number of carbonyl (C=O) groups is 1. The van der Waals surface area contributed by atoms with E-state index < -0.39 is 0 Å². The number of hydrogen-bond donors (Lipinski definition) is 2. The van der Waals surface area contributed by atoms with Gasteiger partial charge in [-0.15, -0.1) is 0 Å². The third-order valence-electron chi connectivity index (χ3n) is 6.17. The normalized spacial score (nSPS) is 13.0. The fraction of sp³-hybridized carbons (Fsp3) is 0.303. The van der Waals surface area contributed by atoms with E-state index in [0.29, 0.717) is 41.8 Å². The summed E-state index contributed by atoms with van der Waals surface area (Å²) in [5, 5.41) is 14.3. The van der Waals surface area contributed by atoms with E-state index in [1.54, 1.807) is 47.4 Å². The van der Waals surface area contributed by atoms with Crippen LogP contribution in [0.15, 0.2) is 103 Å². The fourth-order valence-corrected chi connectivity index (χ4v) is 4.16. The second-order valence-electron chi connectivity index (χ2n) is 9.17. The van der Waals surface area contributed by atoms with Crippen LogP contribution in [0.1, 0.15) is 64.1 Å². The number of allylic oxidation sites excluding steroid dienone is 5. The van der Waals surface area contributed by atoms with Crippen molar-refractivity contribution in [2.45, 2.75) is 54.0 Å². The molecule has 3 aromatic rings. The summed E-state index contributed by atoms with van der Waals surface area (Å²) >= 11 is 3.45. The molecule has 0 spiro atoms. The van der Waals surface area contributed by atoms with Crippen molar-refractivity contribution in [2.24, 2.45) is 4.99 Å². The number of para-hydroxylation sites is 2. The van der Waals surface area contributed by atoms with Crippen molar-refractivity contribution < 1.29 is 14.3 Å². The van der Waals surface area contributed by atoms with Crippen LogP contribution in [0.2, 0.25) is 0 Å². The predicted molar refractivity (Wildman–Crippen MR) is 173 cm³/mol. The number of aliphatic imine (C=N–C) groups is 1. The van der Waals surface area contributed by atoms with Crippen LogP contribution in [0.5, 0.6) is 5.75 Å². The highest BCUT2D eigenvalue weighted by molar-refractivity contribution is 9.11. The molecule has 0 saturated carbocycles. The topological polar surface area (TPSA) is 95.1 Å². The van der Waals surface area contributed by atoms with Crippen LogP contribution in [0.4, 0.5) is 0 Å². The Labute approximate surface area is 251 Å². The predicted octanol–water partition coefficient (Wildman–Crippen LogP) is 7.56. The summed E-state index contributed by atoms with van der Waals surface area (Å²) in [6, 6.07) is 15.2. The lowest BCUT2D eigenvalue weighted by molar-refractivity contribution is 0.0728. The second kappa shape index (κ2) is 16.4. The molecule has 1 heterocycles. The van der Waals surface area contributed by atoms with Gasteiger partial charge in [-0.2, -0.15) is 0 Å². The minimum absolute atomic E-state index is 0.0221. The highest BCUT2D eigenvalue weighted by atomic mass is 79.9. The number of aromatic hydroxyl groups is 1. The molecule has 0 radical (unpaired) electrons. The molecular weight excluding hydrogens is 582 g/mol. The number of halogens is 1. The lowest BCUT2D eigenvalue weighted by Crippen LogP contribution is -2.36. The van der Waals surface area contributed by atoms with Crippen LogP contribution in [-0.2, 0) is 0 Å². The maximum Gasteiger partial charge on any atom is 0.289 e. The van der Waals surface area contributed by atoms with Gasteiger partial charge in [0.25, 0.3) is 5.91 Å². The number of benzene rings is 2. The van der Waals surface area contributed by atoms with Crippen LogP contribution in [0.3, 0.4) is 0 Å². The molecule has 2 N–H and O–H groups in total. The Morgan fingerprint density at radius 1 is 1.17 bits per heavy atom. The Bertz CT molecular complexity index is 1500. The number of hydrogen-bond acceptors (Lipinski definition) is 6. The molecule has 1 aromatic heterocycles. The number of rotatable bonds is 11. The first kappa shape index (κ1) is 33.3. The van der Waals surface area contributed by atoms with Gasteiger partial charge in [-0.25, -0.2) is 0 Å². The van der Waals surface area contributed by atoms with Gasteiger partial charge >= 0.3 is 0 Å². The van der Waals surface area contributed by atoms with Gasteiger partial charge in [-0.05, 0) is 80.4 Å². The third kappa shape index (κ3) is 9.32. The zero-order valence-electron chi connectivity index (χ0n) is 24.7. The van der Waals surface area contributed by atoms with E-state index >= 15 is 0 Å². The Morgan fingerprint density at radius 2 is 1.83 bits per heavy atom. The van der Waals surface area contributed by atoms with Crippen LogP contribution in [0.25, 0.3) is 11.0 Å². The molecule has 41 heavy (non-hydrogen) atoms. The van der Waals surface area contributed by atoms with Gasteiger partial charge in [0, 0.05) is 40.9 Å². The maximum absolute atomic E-state index is 13.1. The highest BCUT2D eigenvalue weighted by Gasteiger charge is 2.19. The Morgan fingerprint density at radius 3 is 2.49 bits per heavy atom. The van der Waals surface area contributed by atoms with Gasteiger partial charge in [0.1, 0.15) is 11.3 Å². The van der Waals surface area contributed by atoms with Crippen molar-refractivity contribution in [3.05, 3.63) is 111 Å². The van der Waals surface area contributed by atoms with Gasteiger partial charge in [0.05, 0.1) is 16.8 Å². The monoisotopic (exact) mass is 621 g/mol. The van der Waals surface area contributed by atoms with E-state index in [9.17, 15) is 14.7 Å². The molecule has 3 rings (SSSR count). The van der Waals surface area contributed by atoms with Crippen molar-refractivity contribution in [3.8, 4) is 5.75 Å². The SMILES string of the molecule is C=C/C(Br)=C(C)/N=C(/C=C(\C)NC(C)CCN(CC)C(=O)c1cc(=O)c2ccccc2o1)c1ccccc1O.CC. The summed E-state index contributed by atoms with van der Waals surface area (Å²) in [5.74, 6) is -0.146. The second-order valence-corrected chi connectivity index (χ2v) is 10.0. The smallest absolute Gasteiger partial charge is 0.289 e. The molecule has 0 aliphatic carbocycles. The standard InChI is InChI=1S/C31H34BrN3O4.C2H6/c1-6-25(32)22(5)34-26(23-12-8-10-14-27(23)36)18-21(4)33-20(3)16-17-35(7-2)31(38)30-19-28(37)24-13-9-11-15-29(24)39-30;1-2/h6,8-15,18-20,33,36H,1,7,16-17H2,2-5H3;1-2H3/b21-18+,25-22-,34-26-;. The third-order valence-corrected chi connectivity index (χ3v) is 7.06. The van der Waals surface area contributed by atoms with Gasteiger partial charge < -0.3 is 19.7 Å². The molecule has 218 valence electrons. The van der Waals surface area contributed by atoms with Crippen molar-refractivity contribution in [1.82, 2.24) is 10.2 Å². The molecule has 1 amide bonds. The quantitative estimate of drug-likeness (QED) is 0.170. The molecule has 1 atom stereocenters. The number of phenols is 1. The largest absolute Gasteiger partial charge is 0.507 e. The highest BCUT2D eigenvalue weighted by Crippen LogP contribution is 2.21. The Kier molecular flexibility index (Phi) is 13.3. The van der Waals surface area contributed by atoms with Gasteiger partial charge in [-0.3, -0.25) is 14.6 Å². The summed E-state index contributed by atoms with van der Waals surface area (Å²) in [4.78, 5) is 32.0. The zero-order valence-corrected chi connectivity index (χ0v) is 26.3. The van der Waals surface area contributed by atoms with Gasteiger partial charge in [-0.1, -0.05) is 50.8 Å². The minimum Gasteiger partial charge on any atom is -0.507 e. The maximum atomic E-state index is 13.1. The summed E-state index contributed by atoms with van der Waals surface area (Å²) in [6.45, 7) is 16.4. The summed E-state index contributed by atoms with van der Waals surface area (Å²) in [6.07, 6.45) is 4.21. The first-order valence-corrected chi connectivity index (χ1v) is 14.6. The first-order valence-electron chi connectivity index (χ1n) is 13.8. The van der Waals surface area contributed by atoms with E-state index in [1.807, 2.05) is 59.8 Å². The average molecular weight is 623 g/mol. The average Bonchev–Trinajstić information content (AvgIpc) is 2.97. The molecule has 1 unspecified atom stereocenters. The van der Waals surface area contributed by atoms with Crippen LogP contribution in [0, 0.1) is 0 Å². The van der Waals surface area contributed by atoms with Crippen molar-refractivity contribution >= 4 is 38.5 Å². The number of nitrogens with zero attached hydrogens (tertiary/aromatic N) is 2. The van der Waals surface area contributed by atoms with Crippen molar-refractivity contribution in [1.29, 1.82) is 0 Å². The molecule has 0 bridgehead atoms. The number of carbonyl (C=O) groups excluding carboxylic acids is 1. The molecule has 0 aliphatic rings. The minimum atomic E-state index is -0.316.